The first kappa shape index (κ1) is 7.62. The lowest BCUT2D eigenvalue weighted by Crippen LogP contribution is -2.29. The number of hydrogen-bond acceptors (Lipinski definition) is 4. The summed E-state index contributed by atoms with van der Waals surface area (Å²) < 4.78 is 0. The number of carbonyl (C=O) groups excluding carboxylic acids is 2. The van der Waals surface area contributed by atoms with E-state index in [1.807, 2.05) is 0 Å². The molecule has 58 valence electrons. The normalized spacial score (nSPS) is 17.9. The van der Waals surface area contributed by atoms with Gasteiger partial charge in [-0.3, -0.25) is 9.59 Å². The zero-order valence-corrected chi connectivity index (χ0v) is 5.57. The van der Waals surface area contributed by atoms with Crippen LogP contribution in [-0.4, -0.2) is 29.1 Å². The number of aliphatic hydroxyl groups excluding tert-OH is 1. The number of allylic oxidation sites excluding steroid dienone is 1. The first-order chi connectivity index (χ1) is 5.15. The number of nitrogens with two attached hydrogens (primary N) is 1. The van der Waals surface area contributed by atoms with E-state index in [4.69, 9.17) is 10.8 Å². The van der Waals surface area contributed by atoms with Crippen LogP contribution in [0, 0.1) is 0 Å². The molecule has 0 aromatic heterocycles. The highest BCUT2D eigenvalue weighted by Crippen LogP contribution is 1.99. The van der Waals surface area contributed by atoms with Crippen LogP contribution in [0.5, 0.6) is 0 Å². The lowest BCUT2D eigenvalue weighted by Gasteiger charge is -2.05. The van der Waals surface area contributed by atoms with Gasteiger partial charge in [0.2, 0.25) is 5.78 Å². The number of carbonyl (C=O) groups is 2. The van der Waals surface area contributed by atoms with Crippen molar-refractivity contribution in [1.82, 2.24) is 0 Å². The summed E-state index contributed by atoms with van der Waals surface area (Å²) in [6.45, 7) is -0.556. The molecule has 5 nitrogen and oxygen atoms in total. The number of amides is 1. The highest BCUT2D eigenvalue weighted by Gasteiger charge is 2.19. The van der Waals surface area contributed by atoms with Gasteiger partial charge >= 0.3 is 0 Å². The van der Waals surface area contributed by atoms with E-state index in [1.54, 1.807) is 0 Å². The molecule has 0 unspecified atom stereocenters. The van der Waals surface area contributed by atoms with E-state index in [0.29, 0.717) is 0 Å². The van der Waals surface area contributed by atoms with Crippen LogP contribution in [0.2, 0.25) is 0 Å². The largest absolute Gasteiger partial charge is 0.395 e. The Morgan fingerprint density at radius 1 is 1.55 bits per heavy atom. The Bertz CT molecular complexity index is 278. The molecule has 0 bridgehead atoms. The number of hydrogen-bond donors (Lipinski definition) is 2. The second-order valence-corrected chi connectivity index (χ2v) is 1.98. The molecule has 1 amide bonds. The van der Waals surface area contributed by atoms with Gasteiger partial charge in [0.25, 0.3) is 5.91 Å². The number of rotatable bonds is 1. The van der Waals surface area contributed by atoms with Crippen LogP contribution in [0.15, 0.2) is 16.8 Å². The predicted molar refractivity (Wildman–Crippen MR) is 36.8 cm³/mol. The van der Waals surface area contributed by atoms with Gasteiger partial charge in [0.1, 0.15) is 5.71 Å². The van der Waals surface area contributed by atoms with Crippen LogP contribution < -0.4 is 5.73 Å². The van der Waals surface area contributed by atoms with Gasteiger partial charge in [-0.1, -0.05) is 0 Å². The van der Waals surface area contributed by atoms with Crippen molar-refractivity contribution in [1.29, 1.82) is 0 Å². The molecule has 0 aliphatic carbocycles. The Balaban J connectivity index is 3.00. The lowest BCUT2D eigenvalue weighted by molar-refractivity contribution is -0.116. The highest BCUT2D eigenvalue weighted by molar-refractivity contribution is 6.49. The van der Waals surface area contributed by atoms with E-state index in [0.717, 1.165) is 6.08 Å². The van der Waals surface area contributed by atoms with Crippen molar-refractivity contribution in [3.63, 3.8) is 0 Å². The minimum absolute atomic E-state index is 0.172. The lowest BCUT2D eigenvalue weighted by atomic mass is 10.1. The molecule has 0 spiro atoms. The smallest absolute Gasteiger partial charge is 0.272 e. The third-order valence-corrected chi connectivity index (χ3v) is 1.20. The van der Waals surface area contributed by atoms with Gasteiger partial charge in [0, 0.05) is 6.08 Å². The van der Waals surface area contributed by atoms with E-state index < -0.39 is 18.3 Å². The predicted octanol–water partition coefficient (Wildman–Crippen LogP) is -1.63. The van der Waals surface area contributed by atoms with E-state index in [9.17, 15) is 9.59 Å². The molecule has 1 rings (SSSR count). The number of Topliss-reactive ketones (excluding diaryl/α,β-unsaturated/α-hetero) is 1. The molecule has 0 aromatic carbocycles. The van der Waals surface area contributed by atoms with Crippen LogP contribution in [-0.2, 0) is 9.59 Å². The van der Waals surface area contributed by atoms with Crippen molar-refractivity contribution in [2.45, 2.75) is 0 Å². The molecule has 0 aromatic rings. The van der Waals surface area contributed by atoms with Crippen molar-refractivity contribution < 1.29 is 14.7 Å². The van der Waals surface area contributed by atoms with E-state index in [-0.39, 0.29) is 11.4 Å². The van der Waals surface area contributed by atoms with Crippen molar-refractivity contribution in [2.24, 2.45) is 10.7 Å². The van der Waals surface area contributed by atoms with Crippen molar-refractivity contribution in [2.75, 3.05) is 6.61 Å². The maximum Gasteiger partial charge on any atom is 0.272 e. The molecule has 5 heteroatoms. The summed E-state index contributed by atoms with van der Waals surface area (Å²) in [5, 5.41) is 8.51. The maximum atomic E-state index is 10.9. The summed E-state index contributed by atoms with van der Waals surface area (Å²) in [4.78, 5) is 24.7. The Morgan fingerprint density at radius 3 is 2.73 bits per heavy atom. The first-order valence-corrected chi connectivity index (χ1v) is 2.89. The number of aliphatic hydroxyl groups is 1. The molecule has 1 aliphatic heterocycles. The second-order valence-electron chi connectivity index (χ2n) is 1.98. The van der Waals surface area contributed by atoms with Crippen molar-refractivity contribution in [3.8, 4) is 0 Å². The number of nitrogens with zero attached hydrogens (tertiary/aromatic N) is 1. The van der Waals surface area contributed by atoms with Crippen molar-refractivity contribution in [3.05, 3.63) is 11.8 Å². The van der Waals surface area contributed by atoms with Crippen LogP contribution in [0.4, 0.5) is 0 Å². The molecule has 0 saturated carbocycles. The van der Waals surface area contributed by atoms with Gasteiger partial charge in [-0.15, -0.1) is 0 Å². The van der Waals surface area contributed by atoms with E-state index in [2.05, 4.69) is 4.99 Å². The summed E-state index contributed by atoms with van der Waals surface area (Å²) >= 11 is 0. The minimum atomic E-state index is -0.605. The summed E-state index contributed by atoms with van der Waals surface area (Å²) in [7, 11) is 0. The molecule has 3 N–H and O–H groups in total. The summed E-state index contributed by atoms with van der Waals surface area (Å²) in [5.74, 6) is -1.18. The number of ketones is 1. The third kappa shape index (κ3) is 1.32. The first-order valence-electron chi connectivity index (χ1n) is 2.89. The molecule has 0 atom stereocenters. The number of aliphatic imine (C=N–C) groups is 1. The summed E-state index contributed by atoms with van der Waals surface area (Å²) in [6.07, 6.45) is 0.932. The average molecular weight is 154 g/mol. The minimum Gasteiger partial charge on any atom is -0.395 e. The zero-order chi connectivity index (χ0) is 8.43. The monoisotopic (exact) mass is 154 g/mol. The van der Waals surface area contributed by atoms with Gasteiger partial charge in [-0.2, -0.15) is 0 Å². The highest BCUT2D eigenvalue weighted by atomic mass is 16.3. The van der Waals surface area contributed by atoms with Crippen LogP contribution in [0.1, 0.15) is 0 Å². The quantitative estimate of drug-likeness (QED) is 0.474. The van der Waals surface area contributed by atoms with Gasteiger partial charge in [-0.05, 0) is 0 Å². The van der Waals surface area contributed by atoms with Gasteiger partial charge in [0.05, 0.1) is 12.3 Å². The van der Waals surface area contributed by atoms with Gasteiger partial charge in [-0.25, -0.2) is 4.99 Å². The second kappa shape index (κ2) is 2.63. The topological polar surface area (TPSA) is 92.8 Å². The third-order valence-electron chi connectivity index (χ3n) is 1.20. The standard InChI is InChI=1S/C6H6N2O3/c7-3-1-5(10)8-4(2-9)6(3)11/h1,9H,2,7H2. The van der Waals surface area contributed by atoms with E-state index in [1.165, 1.54) is 0 Å². The molecule has 0 saturated heterocycles. The molecular weight excluding hydrogens is 148 g/mol. The van der Waals surface area contributed by atoms with Crippen LogP contribution in [0.3, 0.4) is 0 Å². The Morgan fingerprint density at radius 2 is 2.18 bits per heavy atom. The summed E-state index contributed by atoms with van der Waals surface area (Å²) in [6, 6.07) is 0. The van der Waals surface area contributed by atoms with Crippen molar-refractivity contribution >= 4 is 17.4 Å². The molecule has 0 radical (unpaired) electrons. The zero-order valence-electron chi connectivity index (χ0n) is 5.57. The molecule has 1 heterocycles. The number of dihydropyridines is 1. The SMILES string of the molecule is NC1=CC(=O)N=C(CO)C1=O. The Hall–Kier alpha value is -1.49. The average Bonchev–Trinajstić information content (AvgIpc) is 1.96. The molecule has 0 fully saturated rings. The van der Waals surface area contributed by atoms with Gasteiger partial charge in [0.15, 0.2) is 0 Å². The Labute approximate surface area is 62.2 Å². The van der Waals surface area contributed by atoms with E-state index >= 15 is 0 Å². The fourth-order valence-corrected chi connectivity index (χ4v) is 0.688. The molecule has 11 heavy (non-hydrogen) atoms. The fraction of sp³-hybridized carbons (Fsp3) is 0.167. The molecular formula is C6H6N2O3. The van der Waals surface area contributed by atoms with Crippen LogP contribution >= 0.6 is 0 Å². The summed E-state index contributed by atoms with van der Waals surface area (Å²) in [5.41, 5.74) is 4.76. The van der Waals surface area contributed by atoms with Gasteiger partial charge < -0.3 is 10.8 Å². The Kier molecular flexibility index (Phi) is 1.82. The van der Waals surface area contributed by atoms with Crippen LogP contribution in [0.25, 0.3) is 0 Å². The maximum absolute atomic E-state index is 10.9. The molecule has 1 aliphatic rings. The fourth-order valence-electron chi connectivity index (χ4n) is 0.688.